The second-order valence-electron chi connectivity index (χ2n) is 3.71. The van der Waals surface area contributed by atoms with E-state index in [1.54, 1.807) is 18.2 Å². The van der Waals surface area contributed by atoms with Crippen LogP contribution in [0.4, 0.5) is 0 Å². The molecule has 4 nitrogen and oxygen atoms in total. The molecule has 0 N–H and O–H groups in total. The van der Waals surface area contributed by atoms with E-state index in [4.69, 9.17) is 4.74 Å². The van der Waals surface area contributed by atoms with Crippen LogP contribution in [-0.2, 0) is 4.74 Å². The van der Waals surface area contributed by atoms with Crippen LogP contribution in [0.3, 0.4) is 0 Å². The summed E-state index contributed by atoms with van der Waals surface area (Å²) in [5, 5.41) is 10.9. The van der Waals surface area contributed by atoms with E-state index in [2.05, 4.69) is 0 Å². The third-order valence-electron chi connectivity index (χ3n) is 2.43. The van der Waals surface area contributed by atoms with Gasteiger partial charge in [0.25, 0.3) is 0 Å². The molecule has 0 aliphatic carbocycles. The first kappa shape index (κ1) is 17.9. The Morgan fingerprint density at radius 1 is 1.32 bits per heavy atom. The van der Waals surface area contributed by atoms with Gasteiger partial charge in [0.05, 0.1) is 11.5 Å². The zero-order chi connectivity index (χ0) is 13.5. The van der Waals surface area contributed by atoms with Crippen molar-refractivity contribution in [3.05, 3.63) is 47.5 Å². The standard InChI is InChI=1S/C14H16O4.Na/c1-3-7-10(4-2)18-14(17)12-9-6-5-8-11(12)13(15)16;/h3,5-10H,4H2,1-2H3,(H,15,16);/q;+1/p-1/b7-3+;/t10-;/m0./s1. The van der Waals surface area contributed by atoms with Crippen LogP contribution in [-0.4, -0.2) is 18.0 Å². The van der Waals surface area contributed by atoms with Crippen LogP contribution in [0.1, 0.15) is 41.0 Å². The Hall–Kier alpha value is -1.10. The number of ether oxygens (including phenoxy) is 1. The molecule has 0 fully saturated rings. The predicted octanol–water partition coefficient (Wildman–Crippen LogP) is -1.43. The largest absolute Gasteiger partial charge is 1.00 e. The van der Waals surface area contributed by atoms with Gasteiger partial charge in [-0.3, -0.25) is 0 Å². The molecule has 1 rings (SSSR count). The maximum atomic E-state index is 11.9. The molecule has 0 spiro atoms. The summed E-state index contributed by atoms with van der Waals surface area (Å²) in [6.45, 7) is 3.70. The summed E-state index contributed by atoms with van der Waals surface area (Å²) >= 11 is 0. The Balaban J connectivity index is 0.00000324. The number of benzene rings is 1. The van der Waals surface area contributed by atoms with Crippen molar-refractivity contribution in [1.29, 1.82) is 0 Å². The average molecular weight is 270 g/mol. The Bertz CT molecular complexity index is 468. The summed E-state index contributed by atoms with van der Waals surface area (Å²) < 4.78 is 5.20. The van der Waals surface area contributed by atoms with E-state index in [1.807, 2.05) is 13.8 Å². The summed E-state index contributed by atoms with van der Waals surface area (Å²) in [6.07, 6.45) is 3.81. The van der Waals surface area contributed by atoms with Crippen molar-refractivity contribution in [2.24, 2.45) is 0 Å². The van der Waals surface area contributed by atoms with Crippen molar-refractivity contribution in [2.45, 2.75) is 26.4 Å². The van der Waals surface area contributed by atoms with Crippen molar-refractivity contribution in [3.8, 4) is 0 Å². The quantitative estimate of drug-likeness (QED) is 0.373. The number of esters is 1. The minimum Gasteiger partial charge on any atom is -0.545 e. The van der Waals surface area contributed by atoms with E-state index in [0.717, 1.165) is 0 Å². The van der Waals surface area contributed by atoms with E-state index in [1.165, 1.54) is 18.2 Å². The first-order chi connectivity index (χ1) is 8.60. The zero-order valence-electron chi connectivity index (χ0n) is 11.4. The number of carbonyl (C=O) groups excluding carboxylic acids is 2. The fourth-order valence-electron chi connectivity index (χ4n) is 1.51. The second kappa shape index (κ2) is 8.91. The van der Waals surface area contributed by atoms with Gasteiger partial charge in [0.15, 0.2) is 0 Å². The van der Waals surface area contributed by atoms with Crippen molar-refractivity contribution in [2.75, 3.05) is 0 Å². The van der Waals surface area contributed by atoms with E-state index in [9.17, 15) is 14.7 Å². The Kier molecular flexibility index (Phi) is 8.39. The molecule has 5 heteroatoms. The fraction of sp³-hybridized carbons (Fsp3) is 0.286. The normalized spacial score (nSPS) is 11.7. The number of rotatable bonds is 5. The maximum absolute atomic E-state index is 11.9. The van der Waals surface area contributed by atoms with Crippen LogP contribution in [0, 0.1) is 0 Å². The van der Waals surface area contributed by atoms with E-state index in [-0.39, 0.29) is 46.8 Å². The minimum absolute atomic E-state index is 0. The smallest absolute Gasteiger partial charge is 0.545 e. The molecule has 19 heavy (non-hydrogen) atoms. The molecule has 0 aliphatic heterocycles. The van der Waals surface area contributed by atoms with Gasteiger partial charge < -0.3 is 14.6 Å². The molecule has 0 aliphatic rings. The molecule has 0 aromatic heterocycles. The van der Waals surface area contributed by atoms with Crippen LogP contribution in [0.15, 0.2) is 36.4 Å². The topological polar surface area (TPSA) is 66.4 Å². The molecule has 0 unspecified atom stereocenters. The van der Waals surface area contributed by atoms with Gasteiger partial charge in [-0.1, -0.05) is 31.2 Å². The molecule has 0 saturated carbocycles. The Labute approximate surface area is 134 Å². The summed E-state index contributed by atoms with van der Waals surface area (Å²) in [6, 6.07) is 5.85. The SMILES string of the molecule is C/C=C/[C@H](CC)OC(=O)c1ccccc1C(=O)[O-].[Na+]. The predicted molar refractivity (Wildman–Crippen MR) is 65.1 cm³/mol. The third kappa shape index (κ3) is 5.19. The number of aromatic carboxylic acids is 1. The summed E-state index contributed by atoms with van der Waals surface area (Å²) in [7, 11) is 0. The van der Waals surface area contributed by atoms with Crippen LogP contribution in [0.2, 0.25) is 0 Å². The van der Waals surface area contributed by atoms with Gasteiger partial charge in [-0.25, -0.2) is 4.79 Å². The molecule has 0 bridgehead atoms. The summed E-state index contributed by atoms with van der Waals surface area (Å²) in [5.41, 5.74) is -0.140. The van der Waals surface area contributed by atoms with Gasteiger partial charge in [0.1, 0.15) is 6.10 Å². The van der Waals surface area contributed by atoms with Crippen molar-refractivity contribution in [1.82, 2.24) is 0 Å². The van der Waals surface area contributed by atoms with Gasteiger partial charge in [-0.15, -0.1) is 0 Å². The van der Waals surface area contributed by atoms with Crippen LogP contribution in [0.25, 0.3) is 0 Å². The number of hydrogen-bond acceptors (Lipinski definition) is 4. The van der Waals surface area contributed by atoms with Gasteiger partial charge in [-0.05, 0) is 25.5 Å². The van der Waals surface area contributed by atoms with Gasteiger partial charge >= 0.3 is 35.5 Å². The first-order valence-corrected chi connectivity index (χ1v) is 5.74. The molecule has 1 aromatic rings. The summed E-state index contributed by atoms with van der Waals surface area (Å²) in [4.78, 5) is 22.7. The molecular formula is C14H15NaO4. The van der Waals surface area contributed by atoms with Crippen molar-refractivity contribution < 1.29 is 49.0 Å². The monoisotopic (exact) mass is 270 g/mol. The number of carbonyl (C=O) groups is 2. The van der Waals surface area contributed by atoms with Crippen LogP contribution < -0.4 is 34.7 Å². The number of allylic oxidation sites excluding steroid dienone is 1. The molecule has 1 atom stereocenters. The second-order valence-corrected chi connectivity index (χ2v) is 3.71. The molecule has 0 radical (unpaired) electrons. The zero-order valence-corrected chi connectivity index (χ0v) is 13.4. The van der Waals surface area contributed by atoms with E-state index in [0.29, 0.717) is 6.42 Å². The van der Waals surface area contributed by atoms with Crippen LogP contribution >= 0.6 is 0 Å². The first-order valence-electron chi connectivity index (χ1n) is 5.74. The van der Waals surface area contributed by atoms with E-state index >= 15 is 0 Å². The molecule has 0 saturated heterocycles. The number of carboxylic acids is 1. The average Bonchev–Trinajstić information content (AvgIpc) is 2.38. The number of carboxylic acid groups (broad SMARTS) is 1. The molecule has 0 heterocycles. The van der Waals surface area contributed by atoms with Gasteiger partial charge in [-0.2, -0.15) is 0 Å². The Morgan fingerprint density at radius 3 is 2.37 bits per heavy atom. The van der Waals surface area contributed by atoms with Crippen molar-refractivity contribution >= 4 is 11.9 Å². The molecule has 1 aromatic carbocycles. The Morgan fingerprint density at radius 2 is 1.89 bits per heavy atom. The third-order valence-corrected chi connectivity index (χ3v) is 2.43. The number of hydrogen-bond donors (Lipinski definition) is 0. The van der Waals surface area contributed by atoms with Crippen LogP contribution in [0.5, 0.6) is 0 Å². The van der Waals surface area contributed by atoms with Crippen molar-refractivity contribution in [3.63, 3.8) is 0 Å². The molecule has 0 amide bonds. The van der Waals surface area contributed by atoms with E-state index < -0.39 is 11.9 Å². The fourth-order valence-corrected chi connectivity index (χ4v) is 1.51. The van der Waals surface area contributed by atoms with Gasteiger partial charge in [0.2, 0.25) is 0 Å². The summed E-state index contributed by atoms with van der Waals surface area (Å²) in [5.74, 6) is -2.04. The molecule has 96 valence electrons. The molecular weight excluding hydrogens is 255 g/mol. The maximum Gasteiger partial charge on any atom is 1.00 e. The minimum atomic E-state index is -1.39. The van der Waals surface area contributed by atoms with Gasteiger partial charge in [0, 0.05) is 5.56 Å².